The summed E-state index contributed by atoms with van der Waals surface area (Å²) >= 11 is 0. The molecule has 1 aromatic carbocycles. The van der Waals surface area contributed by atoms with E-state index in [1.54, 1.807) is 25.6 Å². The summed E-state index contributed by atoms with van der Waals surface area (Å²) in [4.78, 5) is 13.0. The number of amides is 1. The number of nitrogens with one attached hydrogen (secondary N) is 1. The fraction of sp³-hybridized carbons (Fsp3) is 0.381. The fourth-order valence-electron chi connectivity index (χ4n) is 4.02. The minimum absolute atomic E-state index is 0.0722. The van der Waals surface area contributed by atoms with E-state index in [4.69, 9.17) is 4.52 Å². The molecule has 0 saturated heterocycles. The predicted molar refractivity (Wildman–Crippen MR) is 113 cm³/mol. The van der Waals surface area contributed by atoms with Gasteiger partial charge in [-0.2, -0.15) is 9.40 Å². The largest absolute Gasteiger partial charge is 0.360 e. The second-order valence-corrected chi connectivity index (χ2v) is 9.69. The van der Waals surface area contributed by atoms with E-state index in [1.165, 1.54) is 4.31 Å². The molecule has 0 unspecified atom stereocenters. The van der Waals surface area contributed by atoms with E-state index in [1.807, 2.05) is 31.2 Å². The van der Waals surface area contributed by atoms with E-state index < -0.39 is 10.0 Å². The van der Waals surface area contributed by atoms with Crippen molar-refractivity contribution in [1.29, 1.82) is 0 Å². The average molecular weight is 444 g/mol. The second kappa shape index (κ2) is 7.93. The number of carbonyl (C=O) groups is 1. The molecule has 0 aliphatic carbocycles. The third-order valence-corrected chi connectivity index (χ3v) is 7.61. The van der Waals surface area contributed by atoms with Crippen LogP contribution >= 0.6 is 0 Å². The summed E-state index contributed by atoms with van der Waals surface area (Å²) in [6.45, 7) is 5.91. The lowest BCUT2D eigenvalue weighted by Gasteiger charge is -2.26. The van der Waals surface area contributed by atoms with E-state index in [-0.39, 0.29) is 28.8 Å². The molecule has 9 nitrogen and oxygen atoms in total. The summed E-state index contributed by atoms with van der Waals surface area (Å²) in [6.07, 6.45) is 0.465. The number of hydrogen-bond donors (Lipinski definition) is 1. The summed E-state index contributed by atoms with van der Waals surface area (Å²) in [5.41, 5.74) is 4.18. The van der Waals surface area contributed by atoms with Crippen LogP contribution in [0, 0.1) is 20.8 Å². The van der Waals surface area contributed by atoms with Gasteiger partial charge in [0.25, 0.3) is 5.91 Å². The number of aromatic nitrogens is 3. The second-order valence-electron chi connectivity index (χ2n) is 7.81. The predicted octanol–water partition coefficient (Wildman–Crippen LogP) is 2.01. The zero-order valence-corrected chi connectivity index (χ0v) is 18.8. The van der Waals surface area contributed by atoms with Gasteiger partial charge in [0.2, 0.25) is 10.0 Å². The number of rotatable bonds is 5. The van der Waals surface area contributed by atoms with Crippen molar-refractivity contribution in [2.45, 2.75) is 45.2 Å². The Balaban J connectivity index is 1.59. The van der Waals surface area contributed by atoms with Crippen molar-refractivity contribution in [2.75, 3.05) is 6.54 Å². The summed E-state index contributed by atoms with van der Waals surface area (Å²) in [7, 11) is -2.04. The first kappa shape index (κ1) is 21.3. The molecular formula is C21H25N5O4S. The molecule has 0 bridgehead atoms. The van der Waals surface area contributed by atoms with E-state index in [0.717, 1.165) is 16.8 Å². The first-order valence-electron chi connectivity index (χ1n) is 10.00. The quantitative estimate of drug-likeness (QED) is 0.646. The minimum atomic E-state index is -3.81. The van der Waals surface area contributed by atoms with Crippen LogP contribution in [0.4, 0.5) is 0 Å². The molecule has 164 valence electrons. The van der Waals surface area contributed by atoms with Crippen LogP contribution in [-0.2, 0) is 36.6 Å². The molecule has 31 heavy (non-hydrogen) atoms. The highest BCUT2D eigenvalue weighted by Gasteiger charge is 2.36. The highest BCUT2D eigenvalue weighted by molar-refractivity contribution is 7.89. The van der Waals surface area contributed by atoms with Crippen molar-refractivity contribution in [3.05, 3.63) is 63.8 Å². The van der Waals surface area contributed by atoms with Crippen LogP contribution in [-0.4, -0.2) is 40.1 Å². The highest BCUT2D eigenvalue weighted by Crippen LogP contribution is 2.29. The molecule has 1 N–H and O–H groups in total. The van der Waals surface area contributed by atoms with Gasteiger partial charge in [-0.05, 0) is 26.3 Å². The van der Waals surface area contributed by atoms with E-state index in [9.17, 15) is 13.2 Å². The molecule has 1 amide bonds. The molecule has 0 spiro atoms. The molecule has 0 radical (unpaired) electrons. The Bertz CT molecular complexity index is 1240. The van der Waals surface area contributed by atoms with Gasteiger partial charge in [-0.3, -0.25) is 9.48 Å². The van der Waals surface area contributed by atoms with Crippen molar-refractivity contribution in [2.24, 2.45) is 7.05 Å². The van der Waals surface area contributed by atoms with Gasteiger partial charge in [-0.25, -0.2) is 8.42 Å². The fourth-order valence-corrected chi connectivity index (χ4v) is 5.72. The number of nitrogens with zero attached hydrogens (tertiary/aromatic N) is 4. The summed E-state index contributed by atoms with van der Waals surface area (Å²) in [6, 6.07) is 7.89. The number of sulfonamides is 1. The van der Waals surface area contributed by atoms with E-state index >= 15 is 0 Å². The zero-order chi connectivity index (χ0) is 22.3. The molecule has 4 rings (SSSR count). The van der Waals surface area contributed by atoms with Gasteiger partial charge in [0.1, 0.15) is 10.6 Å². The molecule has 0 saturated carbocycles. The first-order valence-corrected chi connectivity index (χ1v) is 11.4. The maximum absolute atomic E-state index is 13.2. The van der Waals surface area contributed by atoms with Gasteiger partial charge < -0.3 is 9.84 Å². The standard InChI is InChI=1S/C21H25N5O4S/c1-13-6-5-7-16(10-13)11-22-21(27)19-17-12-26(9-8-18(17)25(4)23-19)31(28,29)20-14(2)24-30-15(20)3/h5-7,10H,8-9,11-12H2,1-4H3,(H,22,27). The number of fused-ring (bicyclic) bond motifs is 1. The van der Waals surface area contributed by atoms with Crippen molar-refractivity contribution in [3.8, 4) is 0 Å². The van der Waals surface area contributed by atoms with Crippen LogP contribution in [0.1, 0.15) is 44.3 Å². The van der Waals surface area contributed by atoms with Crippen LogP contribution in [0.15, 0.2) is 33.7 Å². The third kappa shape index (κ3) is 3.88. The van der Waals surface area contributed by atoms with E-state index in [2.05, 4.69) is 15.6 Å². The lowest BCUT2D eigenvalue weighted by atomic mass is 10.1. The lowest BCUT2D eigenvalue weighted by molar-refractivity contribution is 0.0943. The van der Waals surface area contributed by atoms with Crippen molar-refractivity contribution in [1.82, 2.24) is 24.6 Å². The van der Waals surface area contributed by atoms with Crippen LogP contribution in [0.2, 0.25) is 0 Å². The monoisotopic (exact) mass is 443 g/mol. The Morgan fingerprint density at radius 3 is 2.71 bits per heavy atom. The lowest BCUT2D eigenvalue weighted by Crippen LogP contribution is -2.37. The summed E-state index contributed by atoms with van der Waals surface area (Å²) in [5.74, 6) is -0.0689. The summed E-state index contributed by atoms with van der Waals surface area (Å²) < 4.78 is 34.5. The molecule has 3 heterocycles. The topological polar surface area (TPSA) is 110 Å². The first-order chi connectivity index (χ1) is 14.7. The maximum atomic E-state index is 13.2. The van der Waals surface area contributed by atoms with Crippen LogP contribution in [0.3, 0.4) is 0 Å². The van der Waals surface area contributed by atoms with Gasteiger partial charge in [0.15, 0.2) is 11.5 Å². The van der Waals surface area contributed by atoms with Gasteiger partial charge in [0.05, 0.1) is 0 Å². The van der Waals surface area contributed by atoms with Crippen molar-refractivity contribution < 1.29 is 17.7 Å². The number of carbonyl (C=O) groups excluding carboxylic acids is 1. The Labute approximate surface area is 181 Å². The molecule has 1 aliphatic heterocycles. The number of benzene rings is 1. The molecule has 0 atom stereocenters. The molecule has 0 fully saturated rings. The van der Waals surface area contributed by atoms with Gasteiger partial charge in [-0.1, -0.05) is 35.0 Å². The Morgan fingerprint density at radius 2 is 2.03 bits per heavy atom. The van der Waals surface area contributed by atoms with Crippen molar-refractivity contribution >= 4 is 15.9 Å². The molecular weight excluding hydrogens is 418 g/mol. The van der Waals surface area contributed by atoms with Gasteiger partial charge >= 0.3 is 0 Å². The molecule has 2 aromatic heterocycles. The number of aryl methyl sites for hydroxylation is 4. The van der Waals surface area contributed by atoms with Crippen LogP contribution in [0.25, 0.3) is 0 Å². The van der Waals surface area contributed by atoms with Gasteiger partial charge in [0, 0.05) is 44.4 Å². The van der Waals surface area contributed by atoms with Crippen LogP contribution < -0.4 is 5.32 Å². The minimum Gasteiger partial charge on any atom is -0.360 e. The Hall–Kier alpha value is -2.98. The third-order valence-electron chi connectivity index (χ3n) is 5.52. The molecule has 3 aromatic rings. The Morgan fingerprint density at radius 1 is 1.26 bits per heavy atom. The van der Waals surface area contributed by atoms with Gasteiger partial charge in [-0.15, -0.1) is 0 Å². The zero-order valence-electron chi connectivity index (χ0n) is 18.0. The SMILES string of the molecule is Cc1cccc(CNC(=O)c2nn(C)c3c2CN(S(=O)(=O)c2c(C)noc2C)CC3)c1. The molecule has 10 heteroatoms. The highest BCUT2D eigenvalue weighted by atomic mass is 32.2. The maximum Gasteiger partial charge on any atom is 0.272 e. The number of hydrogen-bond acceptors (Lipinski definition) is 6. The van der Waals surface area contributed by atoms with Crippen LogP contribution in [0.5, 0.6) is 0 Å². The molecule has 1 aliphatic rings. The summed E-state index contributed by atoms with van der Waals surface area (Å²) in [5, 5.41) is 11.1. The smallest absolute Gasteiger partial charge is 0.272 e. The normalized spacial score (nSPS) is 14.5. The van der Waals surface area contributed by atoms with E-state index in [0.29, 0.717) is 30.8 Å². The van der Waals surface area contributed by atoms with Crippen molar-refractivity contribution in [3.63, 3.8) is 0 Å². The average Bonchev–Trinajstić information content (AvgIpc) is 3.25. The Kier molecular flexibility index (Phi) is 5.44.